The Bertz CT molecular complexity index is 2260. The molecule has 0 radical (unpaired) electrons. The number of ether oxygens (including phenoxy) is 22. The highest BCUT2D eigenvalue weighted by molar-refractivity contribution is 5.03. The summed E-state index contributed by atoms with van der Waals surface area (Å²) in [6, 6.07) is 0. The van der Waals surface area contributed by atoms with Gasteiger partial charge in [0.25, 0.3) is 0 Å². The Morgan fingerprint density at radius 3 is 0.542 bits per heavy atom. The Hall–Kier alpha value is -1.64. The monoisotopic (exact) mass is 1410 g/mol. The summed E-state index contributed by atoms with van der Waals surface area (Å²) in [5.74, 6) is 0. The standard InChI is InChI=1S/C55H96O41/c1-75-41-27(67)48(74)82-17(9-57)34(41)91-50-29(69)43(77-3)36(19(11-59)85-50)93-52-31(71)45(79-5)38(21(13-61)87-52)95-54-33(73)47(81-7)40(23(15-63)89-54)96-55-32(72)46(80-6)39(22(14-62)88-55)94-53-30(70)44(78-4)37(20(12-60)86-53)92-51-28(68)42(76-2)35(18(10-58)84-51)90-49-26(66)25(65)24(64)16(8-56)83-49/h16-74H,8-15H2,1-7H3/t16-,17-,18-,19-,20-,21-,22-,23-,24-,25+,26+,27+,28+,29+,30-,31+,32+,33+,34-,35-,36-,37-,38-,39-,40-,41-,42-,43-,44-,45-,46-,47-,48+,49-,50-,51-,52-,53-,54-,55-/m1/s1. The van der Waals surface area contributed by atoms with Crippen molar-refractivity contribution in [1.29, 1.82) is 0 Å². The summed E-state index contributed by atoms with van der Waals surface area (Å²) in [7, 11) is 8.08. The molecule has 0 spiro atoms. The molecule has 0 aliphatic carbocycles. The summed E-state index contributed by atoms with van der Waals surface area (Å²) in [4.78, 5) is 0. The van der Waals surface area contributed by atoms with Gasteiger partial charge in [-0.15, -0.1) is 0 Å². The summed E-state index contributed by atoms with van der Waals surface area (Å²) < 4.78 is 128. The van der Waals surface area contributed by atoms with Gasteiger partial charge >= 0.3 is 0 Å². The van der Waals surface area contributed by atoms with Gasteiger partial charge in [-0.2, -0.15) is 0 Å². The molecule has 0 bridgehead atoms. The van der Waals surface area contributed by atoms with E-state index in [0.717, 1.165) is 35.5 Å². The normalized spacial score (nSPS) is 50.6. The van der Waals surface area contributed by atoms with E-state index in [9.17, 15) is 97.0 Å². The lowest BCUT2D eigenvalue weighted by atomic mass is 9.94. The van der Waals surface area contributed by atoms with E-state index in [2.05, 4.69) is 0 Å². The van der Waals surface area contributed by atoms with Crippen molar-refractivity contribution in [2.75, 3.05) is 103 Å². The molecule has 8 rings (SSSR count). The van der Waals surface area contributed by atoms with Gasteiger partial charge in [0.05, 0.1) is 52.9 Å². The first-order valence-electron chi connectivity index (χ1n) is 30.9. The molecule has 8 heterocycles. The van der Waals surface area contributed by atoms with Crippen LogP contribution in [0, 0.1) is 0 Å². The van der Waals surface area contributed by atoms with Gasteiger partial charge in [-0.3, -0.25) is 0 Å². The van der Waals surface area contributed by atoms with Crippen LogP contribution in [0.4, 0.5) is 0 Å². The highest BCUT2D eigenvalue weighted by Crippen LogP contribution is 2.40. The fourth-order valence-electron chi connectivity index (χ4n) is 13.3. The minimum absolute atomic E-state index is 0.736. The Morgan fingerprint density at radius 2 is 0.354 bits per heavy atom. The average Bonchev–Trinajstić information content (AvgIpc) is 0.787. The minimum atomic E-state index is -1.90. The van der Waals surface area contributed by atoms with Gasteiger partial charge in [-0.1, -0.05) is 0 Å². The molecule has 0 aromatic carbocycles. The molecule has 19 N–H and O–H groups in total. The maximum absolute atomic E-state index is 11.9. The fourth-order valence-corrected chi connectivity index (χ4v) is 13.3. The molecule has 40 atom stereocenters. The molecule has 96 heavy (non-hydrogen) atoms. The molecule has 0 aromatic rings. The highest BCUT2D eigenvalue weighted by Gasteiger charge is 2.60. The van der Waals surface area contributed by atoms with Crippen molar-refractivity contribution >= 4 is 0 Å². The van der Waals surface area contributed by atoms with Crippen molar-refractivity contribution < 1.29 is 201 Å². The summed E-state index contributed by atoms with van der Waals surface area (Å²) in [5.41, 5.74) is 0. The van der Waals surface area contributed by atoms with E-state index in [0.29, 0.717) is 0 Å². The van der Waals surface area contributed by atoms with E-state index in [1.54, 1.807) is 0 Å². The van der Waals surface area contributed by atoms with Crippen LogP contribution in [0.25, 0.3) is 0 Å². The molecule has 0 aromatic heterocycles. The van der Waals surface area contributed by atoms with Gasteiger partial charge < -0.3 is 201 Å². The van der Waals surface area contributed by atoms with E-state index in [1.165, 1.54) is 14.2 Å². The van der Waals surface area contributed by atoms with Crippen molar-refractivity contribution in [3.05, 3.63) is 0 Å². The summed E-state index contributed by atoms with van der Waals surface area (Å²) in [6.45, 7) is -6.80. The third kappa shape index (κ3) is 16.5. The lowest BCUT2D eigenvalue weighted by Crippen LogP contribution is -2.69. The minimum Gasteiger partial charge on any atom is -0.394 e. The second-order valence-electron chi connectivity index (χ2n) is 23.8. The van der Waals surface area contributed by atoms with Crippen molar-refractivity contribution in [3.63, 3.8) is 0 Å². The van der Waals surface area contributed by atoms with E-state index in [4.69, 9.17) is 104 Å². The third-order valence-electron chi connectivity index (χ3n) is 18.4. The zero-order chi connectivity index (χ0) is 70.3. The maximum atomic E-state index is 11.9. The van der Waals surface area contributed by atoms with Crippen LogP contribution in [0.1, 0.15) is 0 Å². The highest BCUT2D eigenvalue weighted by atomic mass is 16.8. The van der Waals surface area contributed by atoms with Crippen LogP contribution >= 0.6 is 0 Å². The smallest absolute Gasteiger partial charge is 0.187 e. The first-order valence-corrected chi connectivity index (χ1v) is 30.9. The third-order valence-corrected chi connectivity index (χ3v) is 18.4. The Kier molecular flexibility index (Phi) is 30.2. The van der Waals surface area contributed by atoms with Gasteiger partial charge in [0, 0.05) is 49.8 Å². The van der Waals surface area contributed by atoms with Crippen molar-refractivity contribution in [1.82, 2.24) is 0 Å². The average molecular weight is 1410 g/mol. The Labute approximate surface area is 548 Å². The Morgan fingerprint density at radius 1 is 0.188 bits per heavy atom. The van der Waals surface area contributed by atoms with Gasteiger partial charge in [0.1, 0.15) is 195 Å². The predicted octanol–water partition coefficient (Wildman–Crippen LogP) is -13.9. The number of hydrogen-bond acceptors (Lipinski definition) is 41. The summed E-state index contributed by atoms with van der Waals surface area (Å²) >= 11 is 0. The van der Waals surface area contributed by atoms with Crippen LogP contribution in [-0.4, -0.2) is 445 Å². The predicted molar refractivity (Wildman–Crippen MR) is 298 cm³/mol. The van der Waals surface area contributed by atoms with Crippen molar-refractivity contribution in [2.45, 2.75) is 246 Å². The van der Waals surface area contributed by atoms with Gasteiger partial charge in [0.15, 0.2) is 50.3 Å². The number of aliphatic hydroxyl groups is 19. The van der Waals surface area contributed by atoms with Crippen LogP contribution < -0.4 is 0 Å². The van der Waals surface area contributed by atoms with Crippen molar-refractivity contribution in [2.24, 2.45) is 0 Å². The van der Waals surface area contributed by atoms with Crippen LogP contribution in [-0.2, 0) is 104 Å². The lowest BCUT2D eigenvalue weighted by molar-refractivity contribution is -0.401. The molecular weight excluding hydrogens is 1320 g/mol. The van der Waals surface area contributed by atoms with Crippen LogP contribution in [0.5, 0.6) is 0 Å². The second kappa shape index (κ2) is 36.2. The van der Waals surface area contributed by atoms with Crippen molar-refractivity contribution in [3.8, 4) is 0 Å². The van der Waals surface area contributed by atoms with E-state index >= 15 is 0 Å². The van der Waals surface area contributed by atoms with Crippen LogP contribution in [0.15, 0.2) is 0 Å². The first kappa shape index (κ1) is 80.1. The number of rotatable bonds is 29. The number of hydrogen-bond donors (Lipinski definition) is 19. The zero-order valence-corrected chi connectivity index (χ0v) is 53.2. The van der Waals surface area contributed by atoms with E-state index < -0.39 is 299 Å². The molecule has 8 fully saturated rings. The Balaban J connectivity index is 0.901. The van der Waals surface area contributed by atoms with Crippen LogP contribution in [0.3, 0.4) is 0 Å². The molecule has 562 valence electrons. The SMILES string of the molecule is CO[C@@H]1[C@H](O)[C@@H](O[C@H]2[C@H](OC)[C@@H](O)[C@@H](O[C@H]3[C@H](OC)[C@H](O)[C@@H](O[C@H]4[C@H](OC)[C@H](O)[C@@H](O[C@H]5[C@H](OC)[C@H](O)[C@@H](O[C@H]6[C@H](OC)[C@H](O)[C@@H](O[C@H]7[C@H](OC)[C@H](O)[C@@H](O)O[C@@H]7CO)O[C@@H]6CO)O[C@@H]5CO)O[C@@H]4CO)O[C@@H]3CO)O[C@@H]2CO)O[C@H](CO)[C@H]1O[C@H]1O[C@H](CO)[C@@H](O)[C@H](O)[C@@H]1O. The molecule has 8 saturated heterocycles. The molecule has 8 aliphatic rings. The summed E-state index contributed by atoms with van der Waals surface area (Å²) in [5, 5.41) is 206. The number of methoxy groups -OCH3 is 7. The second-order valence-corrected chi connectivity index (χ2v) is 23.8. The lowest BCUT2D eigenvalue weighted by Gasteiger charge is -2.51. The molecule has 41 heteroatoms. The largest absolute Gasteiger partial charge is 0.394 e. The quantitative estimate of drug-likeness (QED) is 0.0331. The van der Waals surface area contributed by atoms with Gasteiger partial charge in [0.2, 0.25) is 0 Å². The first-order chi connectivity index (χ1) is 46.0. The topological polar surface area (TPSA) is 587 Å². The van der Waals surface area contributed by atoms with E-state index in [1.807, 2.05) is 0 Å². The fraction of sp³-hybridized carbons (Fsp3) is 1.00. The molecule has 0 saturated carbocycles. The van der Waals surface area contributed by atoms with Crippen LogP contribution in [0.2, 0.25) is 0 Å². The van der Waals surface area contributed by atoms with E-state index in [-0.39, 0.29) is 0 Å². The van der Waals surface area contributed by atoms with Gasteiger partial charge in [-0.25, -0.2) is 0 Å². The maximum Gasteiger partial charge on any atom is 0.187 e. The van der Waals surface area contributed by atoms with Gasteiger partial charge in [-0.05, 0) is 0 Å². The molecule has 0 unspecified atom stereocenters. The zero-order valence-electron chi connectivity index (χ0n) is 53.2. The number of aliphatic hydroxyl groups excluding tert-OH is 19. The molecular formula is C55H96O41. The molecule has 8 aliphatic heterocycles. The summed E-state index contributed by atoms with van der Waals surface area (Å²) in [6.07, 6.45) is -65.2. The molecule has 0 amide bonds. The molecule has 41 nitrogen and oxygen atoms in total.